The van der Waals surface area contributed by atoms with Crippen LogP contribution >= 0.6 is 0 Å². The fourth-order valence-corrected chi connectivity index (χ4v) is 3.78. The van der Waals surface area contributed by atoms with Gasteiger partial charge in [-0.05, 0) is 37.1 Å². The number of sulfone groups is 1. The first-order chi connectivity index (χ1) is 15.1. The molecular weight excluding hydrogens is 434 g/mol. The topological polar surface area (TPSA) is 120 Å². The minimum absolute atomic E-state index is 0.146. The molecule has 0 aliphatic rings. The van der Waals surface area contributed by atoms with Gasteiger partial charge in [0.1, 0.15) is 28.1 Å². The van der Waals surface area contributed by atoms with E-state index in [-0.39, 0.29) is 18.8 Å². The molecule has 2 aromatic carbocycles. The maximum Gasteiger partial charge on any atom is 0.336 e. The number of hydrogen-bond donors (Lipinski definition) is 1. The molecule has 1 atom stereocenters. The van der Waals surface area contributed by atoms with Gasteiger partial charge in [-0.25, -0.2) is 18.0 Å². The van der Waals surface area contributed by atoms with Gasteiger partial charge in [0.2, 0.25) is 0 Å². The molecular formula is C23H23NO7S. The van der Waals surface area contributed by atoms with E-state index in [0.29, 0.717) is 22.1 Å². The number of fused-ring (bicyclic) bond motifs is 1. The van der Waals surface area contributed by atoms with Gasteiger partial charge >= 0.3 is 11.6 Å². The van der Waals surface area contributed by atoms with E-state index in [1.54, 1.807) is 42.5 Å². The lowest BCUT2D eigenvalue weighted by molar-refractivity contribution is -0.147. The number of benzene rings is 2. The Hall–Kier alpha value is -3.46. The Morgan fingerprint density at radius 1 is 1.09 bits per heavy atom. The number of amides is 1. The number of ether oxygens (including phenoxy) is 1. The number of carbonyl (C=O) groups excluding carboxylic acids is 2. The molecule has 3 aromatic rings. The first-order valence-electron chi connectivity index (χ1n) is 9.86. The normalized spacial score (nSPS) is 12.3. The van der Waals surface area contributed by atoms with E-state index in [4.69, 9.17) is 9.15 Å². The van der Waals surface area contributed by atoms with Crippen LogP contribution in [0.4, 0.5) is 0 Å². The standard InChI is InChI=1S/C23H23NO7S/c1-15-8-9-18-17(13-21(25)31-20(18)12-15)14-30-23(27)19(10-11-32(2,28)29)24-22(26)16-6-4-3-5-7-16/h3-9,12-13,19H,10-11,14H2,1-2H3,(H,24,26)/t19-/m0/s1. The summed E-state index contributed by atoms with van der Waals surface area (Å²) in [7, 11) is -3.37. The fourth-order valence-electron chi connectivity index (χ4n) is 3.12. The van der Waals surface area contributed by atoms with E-state index in [0.717, 1.165) is 11.8 Å². The zero-order chi connectivity index (χ0) is 23.3. The number of nitrogens with one attached hydrogen (secondary N) is 1. The molecule has 0 aliphatic carbocycles. The van der Waals surface area contributed by atoms with E-state index in [9.17, 15) is 22.8 Å². The van der Waals surface area contributed by atoms with Crippen LogP contribution in [-0.4, -0.2) is 38.3 Å². The monoisotopic (exact) mass is 457 g/mol. The number of esters is 1. The van der Waals surface area contributed by atoms with E-state index in [1.165, 1.54) is 6.07 Å². The second kappa shape index (κ2) is 9.78. The molecule has 9 heteroatoms. The molecule has 1 aromatic heterocycles. The van der Waals surface area contributed by atoms with Crippen LogP contribution in [0, 0.1) is 6.92 Å². The molecule has 3 rings (SSSR count). The Kier molecular flexibility index (Phi) is 7.09. The summed E-state index contributed by atoms with van der Waals surface area (Å²) in [5.41, 5.74) is 1.46. The maximum absolute atomic E-state index is 12.7. The Bertz CT molecular complexity index is 1300. The summed E-state index contributed by atoms with van der Waals surface area (Å²) in [4.78, 5) is 37.1. The molecule has 0 bridgehead atoms. The van der Waals surface area contributed by atoms with Crippen LogP contribution in [0.3, 0.4) is 0 Å². The predicted molar refractivity (Wildman–Crippen MR) is 119 cm³/mol. The van der Waals surface area contributed by atoms with Crippen molar-refractivity contribution in [2.75, 3.05) is 12.0 Å². The van der Waals surface area contributed by atoms with Crippen LogP contribution in [-0.2, 0) is 26.0 Å². The van der Waals surface area contributed by atoms with Crippen LogP contribution in [0.1, 0.15) is 27.9 Å². The fraction of sp³-hybridized carbons (Fsp3) is 0.261. The summed E-state index contributed by atoms with van der Waals surface area (Å²) >= 11 is 0. The highest BCUT2D eigenvalue weighted by atomic mass is 32.2. The van der Waals surface area contributed by atoms with Gasteiger partial charge in [-0.3, -0.25) is 4.79 Å². The second-order valence-electron chi connectivity index (χ2n) is 7.51. The molecule has 1 N–H and O–H groups in total. The molecule has 8 nitrogen and oxygen atoms in total. The first-order valence-corrected chi connectivity index (χ1v) is 11.9. The molecule has 0 fully saturated rings. The molecule has 0 unspecified atom stereocenters. The van der Waals surface area contributed by atoms with Gasteiger partial charge in [0.25, 0.3) is 5.91 Å². The molecule has 0 spiro atoms. The minimum Gasteiger partial charge on any atom is -0.459 e. The lowest BCUT2D eigenvalue weighted by Crippen LogP contribution is -2.43. The lowest BCUT2D eigenvalue weighted by atomic mass is 10.1. The average Bonchev–Trinajstić information content (AvgIpc) is 2.74. The third-order valence-electron chi connectivity index (χ3n) is 4.76. The molecule has 32 heavy (non-hydrogen) atoms. The number of rotatable bonds is 8. The summed E-state index contributed by atoms with van der Waals surface area (Å²) in [6.07, 6.45) is 0.902. The third-order valence-corrected chi connectivity index (χ3v) is 5.74. The predicted octanol–water partition coefficient (Wildman–Crippen LogP) is 2.38. The Balaban J connectivity index is 1.78. The van der Waals surface area contributed by atoms with Gasteiger partial charge in [0, 0.05) is 28.8 Å². The van der Waals surface area contributed by atoms with Gasteiger partial charge in [-0.1, -0.05) is 30.3 Å². The van der Waals surface area contributed by atoms with Crippen LogP contribution < -0.4 is 10.9 Å². The SMILES string of the molecule is Cc1ccc2c(COC(=O)[C@H](CCS(C)(=O)=O)NC(=O)c3ccccc3)cc(=O)oc2c1. The van der Waals surface area contributed by atoms with E-state index < -0.39 is 33.4 Å². The van der Waals surface area contributed by atoms with Crippen LogP contribution in [0.15, 0.2) is 63.8 Å². The Labute approximate surface area is 185 Å². The molecule has 168 valence electrons. The minimum atomic E-state index is -3.37. The highest BCUT2D eigenvalue weighted by Gasteiger charge is 2.25. The quantitative estimate of drug-likeness (QED) is 0.407. The third kappa shape index (κ3) is 6.27. The van der Waals surface area contributed by atoms with E-state index >= 15 is 0 Å². The number of hydrogen-bond acceptors (Lipinski definition) is 7. The summed E-state index contributed by atoms with van der Waals surface area (Å²) in [6, 6.07) is 13.6. The van der Waals surface area contributed by atoms with Gasteiger partial charge < -0.3 is 14.5 Å². The van der Waals surface area contributed by atoms with Crippen molar-refractivity contribution in [1.29, 1.82) is 0 Å². The van der Waals surface area contributed by atoms with Gasteiger partial charge in [0.05, 0.1) is 5.75 Å². The number of carbonyl (C=O) groups is 2. The van der Waals surface area contributed by atoms with Crippen molar-refractivity contribution in [1.82, 2.24) is 5.32 Å². The highest BCUT2D eigenvalue weighted by Crippen LogP contribution is 2.19. The van der Waals surface area contributed by atoms with Gasteiger partial charge in [-0.2, -0.15) is 0 Å². The smallest absolute Gasteiger partial charge is 0.336 e. The maximum atomic E-state index is 12.7. The van der Waals surface area contributed by atoms with Gasteiger partial charge in [0.15, 0.2) is 0 Å². The molecule has 0 saturated carbocycles. The summed E-state index contributed by atoms with van der Waals surface area (Å²) in [5, 5.41) is 3.15. The molecule has 1 heterocycles. The lowest BCUT2D eigenvalue weighted by Gasteiger charge is -2.18. The highest BCUT2D eigenvalue weighted by molar-refractivity contribution is 7.90. The molecule has 0 aliphatic heterocycles. The Morgan fingerprint density at radius 3 is 2.50 bits per heavy atom. The van der Waals surface area contributed by atoms with Crippen molar-refractivity contribution in [3.8, 4) is 0 Å². The first kappa shape index (κ1) is 23.2. The second-order valence-corrected chi connectivity index (χ2v) is 9.77. The molecule has 0 radical (unpaired) electrons. The largest absolute Gasteiger partial charge is 0.459 e. The zero-order valence-electron chi connectivity index (χ0n) is 17.7. The summed E-state index contributed by atoms with van der Waals surface area (Å²) in [6.45, 7) is 1.62. The van der Waals surface area contributed by atoms with Crippen LogP contribution in [0.5, 0.6) is 0 Å². The van der Waals surface area contributed by atoms with Crippen molar-refractivity contribution < 1.29 is 27.2 Å². The Morgan fingerprint density at radius 2 is 1.81 bits per heavy atom. The zero-order valence-corrected chi connectivity index (χ0v) is 18.5. The van der Waals surface area contributed by atoms with Crippen molar-refractivity contribution >= 4 is 32.7 Å². The molecule has 0 saturated heterocycles. The van der Waals surface area contributed by atoms with Crippen molar-refractivity contribution in [3.05, 3.63) is 81.7 Å². The van der Waals surface area contributed by atoms with E-state index in [1.807, 2.05) is 13.0 Å². The van der Waals surface area contributed by atoms with Crippen LogP contribution in [0.2, 0.25) is 0 Å². The number of aryl methyl sites for hydroxylation is 1. The van der Waals surface area contributed by atoms with E-state index in [2.05, 4.69) is 5.32 Å². The summed E-state index contributed by atoms with van der Waals surface area (Å²) in [5.74, 6) is -1.63. The van der Waals surface area contributed by atoms with Crippen molar-refractivity contribution in [2.45, 2.75) is 26.0 Å². The average molecular weight is 458 g/mol. The van der Waals surface area contributed by atoms with Crippen LogP contribution in [0.25, 0.3) is 11.0 Å². The van der Waals surface area contributed by atoms with Crippen molar-refractivity contribution in [2.24, 2.45) is 0 Å². The molecule has 1 amide bonds. The van der Waals surface area contributed by atoms with Gasteiger partial charge in [-0.15, -0.1) is 0 Å². The summed E-state index contributed by atoms with van der Waals surface area (Å²) < 4.78 is 33.7. The van der Waals surface area contributed by atoms with Crippen molar-refractivity contribution in [3.63, 3.8) is 0 Å².